The first kappa shape index (κ1) is 14.5. The normalized spacial score (nSPS) is 10.4. The average molecular weight is 298 g/mol. The number of sulfonamides is 1. The number of pyridine rings is 1. The van der Waals surface area contributed by atoms with E-state index in [2.05, 4.69) is 9.71 Å². The van der Waals surface area contributed by atoms with Crippen LogP contribution < -0.4 is 4.72 Å². The third kappa shape index (κ3) is 4.03. The van der Waals surface area contributed by atoms with Gasteiger partial charge in [-0.2, -0.15) is 10.5 Å². The van der Waals surface area contributed by atoms with Crippen LogP contribution in [-0.2, 0) is 15.8 Å². The molecule has 1 aromatic heterocycles. The molecule has 0 bridgehead atoms. The van der Waals surface area contributed by atoms with Crippen molar-refractivity contribution in [2.75, 3.05) is 4.72 Å². The van der Waals surface area contributed by atoms with E-state index in [9.17, 15) is 8.42 Å². The summed E-state index contributed by atoms with van der Waals surface area (Å²) < 4.78 is 26.3. The summed E-state index contributed by atoms with van der Waals surface area (Å²) in [5.41, 5.74) is 1.39. The molecule has 2 aromatic rings. The molecule has 1 aromatic carbocycles. The minimum absolute atomic E-state index is 0.155. The van der Waals surface area contributed by atoms with Crippen molar-refractivity contribution in [2.24, 2.45) is 0 Å². The smallest absolute Gasteiger partial charge is 0.238 e. The van der Waals surface area contributed by atoms with Crippen molar-refractivity contribution in [3.8, 4) is 12.1 Å². The lowest BCUT2D eigenvalue weighted by atomic mass is 10.2. The quantitative estimate of drug-likeness (QED) is 0.925. The van der Waals surface area contributed by atoms with E-state index in [0.29, 0.717) is 16.7 Å². The van der Waals surface area contributed by atoms with Gasteiger partial charge in [-0.3, -0.25) is 4.72 Å². The van der Waals surface area contributed by atoms with Gasteiger partial charge >= 0.3 is 0 Å². The maximum atomic E-state index is 12.0. The molecule has 7 heteroatoms. The molecule has 0 fully saturated rings. The molecule has 21 heavy (non-hydrogen) atoms. The van der Waals surface area contributed by atoms with E-state index in [1.807, 2.05) is 12.1 Å². The van der Waals surface area contributed by atoms with E-state index in [1.54, 1.807) is 24.3 Å². The zero-order chi connectivity index (χ0) is 15.3. The largest absolute Gasteiger partial charge is 0.267 e. The zero-order valence-corrected chi connectivity index (χ0v) is 11.6. The Labute approximate surface area is 122 Å². The fourth-order valence-corrected chi connectivity index (χ4v) is 2.75. The summed E-state index contributed by atoms with van der Waals surface area (Å²) in [6.45, 7) is 0. The van der Waals surface area contributed by atoms with Crippen molar-refractivity contribution in [1.82, 2.24) is 4.98 Å². The van der Waals surface area contributed by atoms with Crippen molar-refractivity contribution in [1.29, 1.82) is 10.5 Å². The van der Waals surface area contributed by atoms with Gasteiger partial charge in [-0.1, -0.05) is 12.1 Å². The molecule has 0 radical (unpaired) electrons. The molecule has 0 aliphatic rings. The van der Waals surface area contributed by atoms with Crippen LogP contribution in [0.3, 0.4) is 0 Å². The van der Waals surface area contributed by atoms with Crippen LogP contribution in [0.1, 0.15) is 16.7 Å². The van der Waals surface area contributed by atoms with Crippen molar-refractivity contribution in [3.05, 3.63) is 59.3 Å². The summed E-state index contributed by atoms with van der Waals surface area (Å²) in [7, 11) is -3.61. The zero-order valence-electron chi connectivity index (χ0n) is 10.8. The number of hydrogen-bond acceptors (Lipinski definition) is 5. The fourth-order valence-electron chi connectivity index (χ4n) is 1.61. The van der Waals surface area contributed by atoms with Crippen LogP contribution in [0.2, 0.25) is 0 Å². The number of nitrogens with one attached hydrogen (secondary N) is 1. The highest BCUT2D eigenvalue weighted by Gasteiger charge is 2.12. The Kier molecular flexibility index (Phi) is 4.17. The molecule has 0 saturated carbocycles. The Hall–Kier alpha value is -2.90. The van der Waals surface area contributed by atoms with Crippen LogP contribution >= 0.6 is 0 Å². The van der Waals surface area contributed by atoms with E-state index < -0.39 is 10.0 Å². The lowest BCUT2D eigenvalue weighted by Gasteiger charge is -2.07. The Balaban J connectivity index is 2.10. The number of nitriles is 2. The standard InChI is InChI=1S/C14H10N4O2S/c15-7-11-1-3-12(4-2-11)10-21(19,20)18-14-6-5-13(8-16)9-17-14/h1-6,9H,10H2,(H,17,18). The number of hydrogen-bond donors (Lipinski definition) is 1. The molecule has 0 aliphatic heterocycles. The number of rotatable bonds is 4. The molecular weight excluding hydrogens is 288 g/mol. The van der Waals surface area contributed by atoms with Crippen LogP contribution in [0.25, 0.3) is 0 Å². The molecule has 1 N–H and O–H groups in total. The van der Waals surface area contributed by atoms with Crippen LogP contribution in [-0.4, -0.2) is 13.4 Å². The van der Waals surface area contributed by atoms with Crippen LogP contribution in [0.4, 0.5) is 5.82 Å². The summed E-state index contributed by atoms with van der Waals surface area (Å²) in [5.74, 6) is -0.0666. The molecule has 2 rings (SSSR count). The molecule has 1 heterocycles. The predicted molar refractivity (Wildman–Crippen MR) is 76.4 cm³/mol. The Bertz CT molecular complexity index is 748. The summed E-state index contributed by atoms with van der Waals surface area (Å²) in [4.78, 5) is 3.85. The van der Waals surface area contributed by atoms with Crippen molar-refractivity contribution >= 4 is 15.8 Å². The first-order valence-electron chi connectivity index (χ1n) is 5.88. The van der Waals surface area contributed by atoms with E-state index >= 15 is 0 Å². The maximum absolute atomic E-state index is 12.0. The number of benzene rings is 1. The molecule has 0 atom stereocenters. The highest BCUT2D eigenvalue weighted by molar-refractivity contribution is 7.91. The minimum Gasteiger partial charge on any atom is -0.267 e. The second kappa shape index (κ2) is 6.04. The minimum atomic E-state index is -3.61. The van der Waals surface area contributed by atoms with Gasteiger partial charge in [0.2, 0.25) is 10.0 Å². The summed E-state index contributed by atoms with van der Waals surface area (Å²) >= 11 is 0. The van der Waals surface area contributed by atoms with Crippen molar-refractivity contribution in [2.45, 2.75) is 5.75 Å². The van der Waals surface area contributed by atoms with E-state index in [4.69, 9.17) is 10.5 Å². The SMILES string of the molecule is N#Cc1ccc(CS(=O)(=O)Nc2ccc(C#N)cn2)cc1. The number of aromatic nitrogens is 1. The average Bonchev–Trinajstić information content (AvgIpc) is 2.48. The highest BCUT2D eigenvalue weighted by atomic mass is 32.2. The monoisotopic (exact) mass is 298 g/mol. The Morgan fingerprint density at radius 1 is 1.00 bits per heavy atom. The van der Waals surface area contributed by atoms with Gasteiger partial charge in [0.15, 0.2) is 0 Å². The first-order chi connectivity index (χ1) is 10.0. The third-order valence-electron chi connectivity index (χ3n) is 2.59. The van der Waals surface area contributed by atoms with Crippen LogP contribution in [0.15, 0.2) is 42.6 Å². The van der Waals surface area contributed by atoms with Gasteiger partial charge in [-0.25, -0.2) is 13.4 Å². The molecular formula is C14H10N4O2S. The number of nitrogens with zero attached hydrogens (tertiary/aromatic N) is 3. The first-order valence-corrected chi connectivity index (χ1v) is 7.53. The molecule has 0 spiro atoms. The summed E-state index contributed by atoms with van der Waals surface area (Å²) in [5, 5.41) is 17.3. The van der Waals surface area contributed by atoms with Crippen LogP contribution in [0, 0.1) is 22.7 Å². The van der Waals surface area contributed by atoms with E-state index in [1.165, 1.54) is 18.3 Å². The summed E-state index contributed by atoms with van der Waals surface area (Å²) in [6, 6.07) is 13.1. The fraction of sp³-hybridized carbons (Fsp3) is 0.0714. The van der Waals surface area contributed by atoms with Gasteiger partial charge in [-0.15, -0.1) is 0 Å². The van der Waals surface area contributed by atoms with Crippen molar-refractivity contribution < 1.29 is 8.42 Å². The second-order valence-electron chi connectivity index (χ2n) is 4.21. The highest BCUT2D eigenvalue weighted by Crippen LogP contribution is 2.12. The predicted octanol–water partition coefficient (Wildman–Crippen LogP) is 1.77. The van der Waals surface area contributed by atoms with Crippen LogP contribution in [0.5, 0.6) is 0 Å². The Morgan fingerprint density at radius 2 is 1.62 bits per heavy atom. The topological polar surface area (TPSA) is 107 Å². The molecule has 104 valence electrons. The van der Waals surface area contributed by atoms with E-state index in [0.717, 1.165) is 0 Å². The number of anilines is 1. The summed E-state index contributed by atoms with van der Waals surface area (Å²) in [6.07, 6.45) is 1.29. The van der Waals surface area contributed by atoms with Gasteiger partial charge in [0.05, 0.1) is 22.9 Å². The second-order valence-corrected chi connectivity index (χ2v) is 5.94. The molecule has 0 aliphatic carbocycles. The van der Waals surface area contributed by atoms with Gasteiger partial charge < -0.3 is 0 Å². The molecule has 6 nitrogen and oxygen atoms in total. The van der Waals surface area contributed by atoms with Gasteiger partial charge in [0, 0.05) is 6.20 Å². The van der Waals surface area contributed by atoms with Gasteiger partial charge in [-0.05, 0) is 29.8 Å². The van der Waals surface area contributed by atoms with Gasteiger partial charge in [0.1, 0.15) is 11.9 Å². The molecule has 0 unspecified atom stereocenters. The van der Waals surface area contributed by atoms with E-state index in [-0.39, 0.29) is 11.6 Å². The molecule has 0 amide bonds. The molecule has 0 saturated heterocycles. The Morgan fingerprint density at radius 3 is 2.14 bits per heavy atom. The van der Waals surface area contributed by atoms with Gasteiger partial charge in [0.25, 0.3) is 0 Å². The lowest BCUT2D eigenvalue weighted by molar-refractivity contribution is 0.600. The van der Waals surface area contributed by atoms with Crippen molar-refractivity contribution in [3.63, 3.8) is 0 Å². The lowest BCUT2D eigenvalue weighted by Crippen LogP contribution is -2.15. The maximum Gasteiger partial charge on any atom is 0.238 e. The third-order valence-corrected chi connectivity index (χ3v) is 3.83.